The standard InChI is InChI=1S/C29H30F4N6O2/c1-14(2)19-11-22(34-12-15(19)3)27-38-25-23(39(27)13-17-8-9-20(21(30)10-17)29(31,32)33)24(36-26(37-25)28(40)41)35-16(4)18-6-5-7-18/h8-12,14,16,18H,5-7,13H2,1-4H3,(H,40,41)(H,35,36,37)/t16-/m1/s1. The topological polar surface area (TPSA) is 106 Å². The molecule has 5 rings (SSSR count). The SMILES string of the molecule is Cc1cnc(-c2nc3nc(C(=O)O)nc(N[C@H](C)C4CCC4)c3n2Cc2ccc(C(F)(F)F)c(F)c2)cc1C(C)C. The van der Waals surface area contributed by atoms with Crippen LogP contribution in [0.3, 0.4) is 0 Å². The van der Waals surface area contributed by atoms with Crippen LogP contribution in [0.25, 0.3) is 22.7 Å². The fourth-order valence-electron chi connectivity index (χ4n) is 5.21. The number of rotatable bonds is 8. The predicted octanol–water partition coefficient (Wildman–Crippen LogP) is 6.83. The number of anilines is 1. The number of nitrogens with one attached hydrogen (secondary N) is 1. The number of carbonyl (C=O) groups is 1. The molecule has 0 amide bonds. The Hall–Kier alpha value is -4.09. The summed E-state index contributed by atoms with van der Waals surface area (Å²) in [6.45, 7) is 7.91. The van der Waals surface area contributed by atoms with Crippen molar-refractivity contribution in [1.82, 2.24) is 24.5 Å². The van der Waals surface area contributed by atoms with Crippen molar-refractivity contribution >= 4 is 23.0 Å². The van der Waals surface area contributed by atoms with E-state index in [0.717, 1.165) is 36.5 Å². The number of alkyl halides is 3. The molecule has 4 aromatic rings. The van der Waals surface area contributed by atoms with Gasteiger partial charge in [-0.15, -0.1) is 0 Å². The smallest absolute Gasteiger partial charge is 0.419 e. The van der Waals surface area contributed by atoms with Crippen LogP contribution in [0.2, 0.25) is 0 Å². The Kier molecular flexibility index (Phi) is 7.43. The number of nitrogens with zero attached hydrogens (tertiary/aromatic N) is 5. The van der Waals surface area contributed by atoms with Gasteiger partial charge in [0, 0.05) is 12.2 Å². The number of fused-ring (bicyclic) bond motifs is 1. The number of hydrogen-bond donors (Lipinski definition) is 2. The van der Waals surface area contributed by atoms with Gasteiger partial charge in [0.2, 0.25) is 5.82 Å². The monoisotopic (exact) mass is 570 g/mol. The first kappa shape index (κ1) is 28.4. The molecule has 1 saturated carbocycles. The molecular formula is C29H30F4N6O2. The molecule has 12 heteroatoms. The zero-order valence-electron chi connectivity index (χ0n) is 23.1. The van der Waals surface area contributed by atoms with Crippen LogP contribution < -0.4 is 5.32 Å². The van der Waals surface area contributed by atoms with Gasteiger partial charge in [0.25, 0.3) is 0 Å². The van der Waals surface area contributed by atoms with Crippen LogP contribution >= 0.6 is 0 Å². The summed E-state index contributed by atoms with van der Waals surface area (Å²) in [5.41, 5.74) is 1.77. The average molecular weight is 571 g/mol. The lowest BCUT2D eigenvalue weighted by molar-refractivity contribution is -0.140. The molecule has 3 aromatic heterocycles. The summed E-state index contributed by atoms with van der Waals surface area (Å²) in [5, 5.41) is 13.0. The van der Waals surface area contributed by atoms with Gasteiger partial charge in [-0.3, -0.25) is 4.98 Å². The van der Waals surface area contributed by atoms with Crippen molar-refractivity contribution in [2.75, 3.05) is 5.32 Å². The highest BCUT2D eigenvalue weighted by molar-refractivity contribution is 5.92. The lowest BCUT2D eigenvalue weighted by Crippen LogP contribution is -2.31. The summed E-state index contributed by atoms with van der Waals surface area (Å²) in [7, 11) is 0. The first-order valence-corrected chi connectivity index (χ1v) is 13.4. The highest BCUT2D eigenvalue weighted by atomic mass is 19.4. The Morgan fingerprint density at radius 2 is 1.88 bits per heavy atom. The number of benzene rings is 1. The second-order valence-corrected chi connectivity index (χ2v) is 10.9. The van der Waals surface area contributed by atoms with Crippen LogP contribution in [0.1, 0.15) is 78.8 Å². The minimum Gasteiger partial charge on any atom is -0.475 e. The van der Waals surface area contributed by atoms with Crippen molar-refractivity contribution < 1.29 is 27.5 Å². The van der Waals surface area contributed by atoms with E-state index >= 15 is 0 Å². The maximum Gasteiger partial charge on any atom is 0.419 e. The first-order chi connectivity index (χ1) is 19.3. The Bertz CT molecular complexity index is 1630. The Morgan fingerprint density at radius 3 is 2.46 bits per heavy atom. The highest BCUT2D eigenvalue weighted by Crippen LogP contribution is 2.35. The summed E-state index contributed by atoms with van der Waals surface area (Å²) in [6.07, 6.45) is 0.0291. The fraction of sp³-hybridized carbons (Fsp3) is 0.414. The van der Waals surface area contributed by atoms with Crippen molar-refractivity contribution in [1.29, 1.82) is 0 Å². The maximum absolute atomic E-state index is 14.6. The van der Waals surface area contributed by atoms with Gasteiger partial charge in [-0.2, -0.15) is 13.2 Å². The van der Waals surface area contributed by atoms with Gasteiger partial charge in [-0.05, 0) is 73.4 Å². The second-order valence-electron chi connectivity index (χ2n) is 10.9. The van der Waals surface area contributed by atoms with Gasteiger partial charge in [-0.25, -0.2) is 24.1 Å². The molecule has 1 fully saturated rings. The molecule has 0 unspecified atom stereocenters. The molecule has 1 atom stereocenters. The minimum atomic E-state index is -4.83. The normalized spacial score (nSPS) is 14.9. The van der Waals surface area contributed by atoms with Crippen LogP contribution in [0, 0.1) is 18.7 Å². The van der Waals surface area contributed by atoms with E-state index in [0.29, 0.717) is 29.0 Å². The number of aryl methyl sites for hydroxylation is 1. The van der Waals surface area contributed by atoms with Crippen molar-refractivity contribution in [2.24, 2.45) is 5.92 Å². The predicted molar refractivity (Wildman–Crippen MR) is 145 cm³/mol. The third-order valence-electron chi connectivity index (χ3n) is 7.69. The van der Waals surface area contributed by atoms with E-state index in [9.17, 15) is 27.5 Å². The summed E-state index contributed by atoms with van der Waals surface area (Å²) in [6, 6.07) is 4.60. The van der Waals surface area contributed by atoms with Gasteiger partial charge in [-0.1, -0.05) is 26.3 Å². The largest absolute Gasteiger partial charge is 0.475 e. The fourth-order valence-corrected chi connectivity index (χ4v) is 5.21. The van der Waals surface area contributed by atoms with Crippen molar-refractivity contribution in [3.05, 3.63) is 64.4 Å². The van der Waals surface area contributed by atoms with E-state index in [2.05, 4.69) is 25.3 Å². The first-order valence-electron chi connectivity index (χ1n) is 13.4. The molecule has 3 heterocycles. The molecule has 41 heavy (non-hydrogen) atoms. The average Bonchev–Trinajstić information content (AvgIpc) is 3.20. The van der Waals surface area contributed by atoms with E-state index in [1.54, 1.807) is 10.8 Å². The number of imidazole rings is 1. The summed E-state index contributed by atoms with van der Waals surface area (Å²) in [4.78, 5) is 29.6. The van der Waals surface area contributed by atoms with E-state index in [1.807, 2.05) is 33.8 Å². The molecule has 0 spiro atoms. The van der Waals surface area contributed by atoms with Crippen LogP contribution in [0.5, 0.6) is 0 Å². The number of aromatic nitrogens is 5. The lowest BCUT2D eigenvalue weighted by Gasteiger charge is -2.32. The molecule has 0 saturated heterocycles. The zero-order chi connectivity index (χ0) is 29.6. The number of aromatic carboxylic acids is 1. The molecular weight excluding hydrogens is 540 g/mol. The number of halogens is 4. The number of pyridine rings is 1. The van der Waals surface area contributed by atoms with E-state index in [1.165, 1.54) is 6.07 Å². The molecule has 0 aliphatic heterocycles. The highest BCUT2D eigenvalue weighted by Gasteiger charge is 2.34. The Labute approximate surface area is 233 Å². The molecule has 0 bridgehead atoms. The molecule has 216 valence electrons. The molecule has 1 aromatic carbocycles. The third kappa shape index (κ3) is 5.59. The van der Waals surface area contributed by atoms with Crippen LogP contribution in [-0.4, -0.2) is 41.6 Å². The molecule has 1 aliphatic carbocycles. The summed E-state index contributed by atoms with van der Waals surface area (Å²) >= 11 is 0. The van der Waals surface area contributed by atoms with E-state index in [-0.39, 0.29) is 35.5 Å². The van der Waals surface area contributed by atoms with Crippen molar-refractivity contribution in [3.8, 4) is 11.5 Å². The van der Waals surface area contributed by atoms with E-state index in [4.69, 9.17) is 0 Å². The molecule has 1 aliphatic rings. The summed E-state index contributed by atoms with van der Waals surface area (Å²) < 4.78 is 55.9. The van der Waals surface area contributed by atoms with Gasteiger partial charge in [0.15, 0.2) is 17.3 Å². The second kappa shape index (κ2) is 10.7. The zero-order valence-corrected chi connectivity index (χ0v) is 23.1. The molecule has 0 radical (unpaired) electrons. The van der Waals surface area contributed by atoms with Crippen LogP contribution in [-0.2, 0) is 12.7 Å². The van der Waals surface area contributed by atoms with Crippen molar-refractivity contribution in [2.45, 2.75) is 71.6 Å². The quantitative estimate of drug-likeness (QED) is 0.224. The number of hydrogen-bond acceptors (Lipinski definition) is 6. The van der Waals surface area contributed by atoms with Gasteiger partial charge < -0.3 is 15.0 Å². The Morgan fingerprint density at radius 1 is 1.15 bits per heavy atom. The van der Waals surface area contributed by atoms with Gasteiger partial charge >= 0.3 is 12.1 Å². The lowest BCUT2D eigenvalue weighted by atomic mass is 9.80. The maximum atomic E-state index is 14.6. The third-order valence-corrected chi connectivity index (χ3v) is 7.69. The van der Waals surface area contributed by atoms with Gasteiger partial charge in [0.1, 0.15) is 17.0 Å². The molecule has 8 nitrogen and oxygen atoms in total. The van der Waals surface area contributed by atoms with Crippen LogP contribution in [0.15, 0.2) is 30.5 Å². The van der Waals surface area contributed by atoms with E-state index < -0.39 is 29.4 Å². The number of carboxylic acid groups (broad SMARTS) is 1. The van der Waals surface area contributed by atoms with Crippen molar-refractivity contribution in [3.63, 3.8) is 0 Å². The molecule has 2 N–H and O–H groups in total. The summed E-state index contributed by atoms with van der Waals surface area (Å²) in [5.74, 6) is -2.09. The van der Waals surface area contributed by atoms with Gasteiger partial charge in [0.05, 0.1) is 12.1 Å². The number of carboxylic acids is 1. The minimum absolute atomic E-state index is 0.0381. The Balaban J connectivity index is 1.73. The van der Waals surface area contributed by atoms with Crippen LogP contribution in [0.4, 0.5) is 23.4 Å².